The Bertz CT molecular complexity index is 399. The van der Waals surface area contributed by atoms with Crippen LogP contribution >= 0.6 is 15.9 Å². The third-order valence-corrected chi connectivity index (χ3v) is 4.82. The van der Waals surface area contributed by atoms with Gasteiger partial charge in [0.1, 0.15) is 0 Å². The van der Waals surface area contributed by atoms with Crippen molar-refractivity contribution in [1.29, 1.82) is 0 Å². The molecule has 2 heteroatoms. The Balaban J connectivity index is 1.68. The first-order valence-corrected chi connectivity index (χ1v) is 6.98. The zero-order valence-corrected chi connectivity index (χ0v) is 11.3. The van der Waals surface area contributed by atoms with E-state index < -0.39 is 0 Å². The van der Waals surface area contributed by atoms with Gasteiger partial charge >= 0.3 is 0 Å². The Morgan fingerprint density at radius 3 is 2.81 bits per heavy atom. The van der Waals surface area contributed by atoms with Gasteiger partial charge in [0.2, 0.25) is 0 Å². The molecular formula is C14H18BrN. The molecule has 1 nitrogen and oxygen atoms in total. The van der Waals surface area contributed by atoms with Gasteiger partial charge in [0.15, 0.2) is 0 Å². The van der Waals surface area contributed by atoms with Crippen LogP contribution in [0.2, 0.25) is 0 Å². The highest BCUT2D eigenvalue weighted by Gasteiger charge is 2.51. The molecule has 0 saturated heterocycles. The van der Waals surface area contributed by atoms with Gasteiger partial charge in [-0.15, -0.1) is 0 Å². The number of hydrogen-bond donors (Lipinski definition) is 1. The van der Waals surface area contributed by atoms with Gasteiger partial charge in [0.25, 0.3) is 0 Å². The SMILES string of the molecule is CC1(c2ccccc2Br)CC1CNC1CC1. The molecule has 1 aromatic rings. The van der Waals surface area contributed by atoms with E-state index in [1.807, 2.05) is 0 Å². The highest BCUT2D eigenvalue weighted by molar-refractivity contribution is 9.10. The molecule has 16 heavy (non-hydrogen) atoms. The lowest BCUT2D eigenvalue weighted by Gasteiger charge is -2.14. The van der Waals surface area contributed by atoms with E-state index in [0.717, 1.165) is 12.0 Å². The fourth-order valence-corrected chi connectivity index (χ4v) is 3.34. The largest absolute Gasteiger partial charge is 0.314 e. The molecule has 0 aromatic heterocycles. The topological polar surface area (TPSA) is 12.0 Å². The van der Waals surface area contributed by atoms with Crippen LogP contribution in [0.3, 0.4) is 0 Å². The van der Waals surface area contributed by atoms with Gasteiger partial charge in [-0.3, -0.25) is 0 Å². The van der Waals surface area contributed by atoms with Gasteiger partial charge in [-0.05, 0) is 48.8 Å². The first kappa shape index (κ1) is 10.8. The molecule has 1 aromatic carbocycles. The molecule has 0 radical (unpaired) electrons. The van der Waals surface area contributed by atoms with Gasteiger partial charge in [0, 0.05) is 10.5 Å². The van der Waals surface area contributed by atoms with E-state index >= 15 is 0 Å². The maximum atomic E-state index is 3.67. The molecule has 0 aliphatic heterocycles. The monoisotopic (exact) mass is 279 g/mol. The maximum absolute atomic E-state index is 3.67. The van der Waals surface area contributed by atoms with E-state index in [9.17, 15) is 0 Å². The standard InChI is InChI=1S/C14H18BrN/c1-14(12-4-2-3-5-13(12)15)8-10(14)9-16-11-6-7-11/h2-5,10-11,16H,6-9H2,1H3. The van der Waals surface area contributed by atoms with Crippen molar-refractivity contribution in [2.45, 2.75) is 37.6 Å². The van der Waals surface area contributed by atoms with Gasteiger partial charge in [-0.1, -0.05) is 41.1 Å². The summed E-state index contributed by atoms with van der Waals surface area (Å²) in [7, 11) is 0. The van der Waals surface area contributed by atoms with Crippen LogP contribution < -0.4 is 5.32 Å². The lowest BCUT2D eigenvalue weighted by atomic mass is 9.95. The average Bonchev–Trinajstić information content (AvgIpc) is 3.14. The van der Waals surface area contributed by atoms with Crippen LogP contribution in [0.1, 0.15) is 31.7 Å². The molecular weight excluding hydrogens is 262 g/mol. The molecule has 0 amide bonds. The van der Waals surface area contributed by atoms with Gasteiger partial charge < -0.3 is 5.32 Å². The molecule has 0 bridgehead atoms. The van der Waals surface area contributed by atoms with E-state index in [4.69, 9.17) is 0 Å². The number of benzene rings is 1. The normalized spacial score (nSPS) is 32.8. The van der Waals surface area contributed by atoms with Crippen LogP contribution in [-0.2, 0) is 5.41 Å². The zero-order chi connectivity index (χ0) is 11.2. The van der Waals surface area contributed by atoms with Crippen molar-refractivity contribution >= 4 is 15.9 Å². The van der Waals surface area contributed by atoms with Gasteiger partial charge in [0.05, 0.1) is 0 Å². The molecule has 2 atom stereocenters. The van der Waals surface area contributed by atoms with Crippen molar-refractivity contribution < 1.29 is 0 Å². The lowest BCUT2D eigenvalue weighted by Crippen LogP contribution is -2.22. The van der Waals surface area contributed by atoms with E-state index in [2.05, 4.69) is 52.4 Å². The molecule has 0 spiro atoms. The summed E-state index contributed by atoms with van der Waals surface area (Å²) in [5.41, 5.74) is 1.89. The Labute approximate surface area is 106 Å². The molecule has 2 aliphatic rings. The summed E-state index contributed by atoms with van der Waals surface area (Å²) < 4.78 is 1.27. The van der Waals surface area contributed by atoms with Crippen molar-refractivity contribution in [3.8, 4) is 0 Å². The minimum absolute atomic E-state index is 0.405. The molecule has 2 unspecified atom stereocenters. The number of nitrogens with one attached hydrogen (secondary N) is 1. The van der Waals surface area contributed by atoms with Crippen LogP contribution in [0, 0.1) is 5.92 Å². The van der Waals surface area contributed by atoms with Gasteiger partial charge in [-0.25, -0.2) is 0 Å². The molecule has 2 fully saturated rings. The Kier molecular flexibility index (Phi) is 2.60. The lowest BCUT2D eigenvalue weighted by molar-refractivity contribution is 0.575. The quantitative estimate of drug-likeness (QED) is 0.890. The van der Waals surface area contributed by atoms with Crippen LogP contribution in [0.25, 0.3) is 0 Å². The summed E-state index contributed by atoms with van der Waals surface area (Å²) in [5, 5.41) is 3.65. The molecule has 2 aliphatic carbocycles. The zero-order valence-electron chi connectivity index (χ0n) is 9.67. The Morgan fingerprint density at radius 2 is 2.12 bits per heavy atom. The maximum Gasteiger partial charge on any atom is 0.0212 e. The predicted octanol–water partition coefficient (Wildman–Crippen LogP) is 3.48. The van der Waals surface area contributed by atoms with E-state index in [0.29, 0.717) is 5.41 Å². The first-order valence-electron chi connectivity index (χ1n) is 6.18. The van der Waals surface area contributed by atoms with Crippen LogP contribution in [-0.4, -0.2) is 12.6 Å². The summed E-state index contributed by atoms with van der Waals surface area (Å²) in [5.74, 6) is 0.826. The highest BCUT2D eigenvalue weighted by atomic mass is 79.9. The summed E-state index contributed by atoms with van der Waals surface area (Å²) in [6, 6.07) is 9.50. The highest BCUT2D eigenvalue weighted by Crippen LogP contribution is 2.55. The van der Waals surface area contributed by atoms with Crippen molar-refractivity contribution in [2.24, 2.45) is 5.92 Å². The second-order valence-electron chi connectivity index (χ2n) is 5.48. The van der Waals surface area contributed by atoms with Gasteiger partial charge in [-0.2, -0.15) is 0 Å². The molecule has 1 N–H and O–H groups in total. The second kappa shape index (κ2) is 3.85. The minimum atomic E-state index is 0.405. The van der Waals surface area contributed by atoms with E-state index in [1.54, 1.807) is 0 Å². The van der Waals surface area contributed by atoms with Crippen LogP contribution in [0.4, 0.5) is 0 Å². The van der Waals surface area contributed by atoms with Crippen molar-refractivity contribution in [3.05, 3.63) is 34.3 Å². The second-order valence-corrected chi connectivity index (χ2v) is 6.34. The summed E-state index contributed by atoms with van der Waals surface area (Å²) >= 11 is 3.67. The summed E-state index contributed by atoms with van der Waals surface area (Å²) in [6.07, 6.45) is 4.10. The minimum Gasteiger partial charge on any atom is -0.314 e. The molecule has 3 rings (SSSR count). The number of rotatable bonds is 4. The van der Waals surface area contributed by atoms with Crippen LogP contribution in [0.15, 0.2) is 28.7 Å². The summed E-state index contributed by atoms with van der Waals surface area (Å²) in [4.78, 5) is 0. The fourth-order valence-electron chi connectivity index (χ4n) is 2.60. The Hall–Kier alpha value is -0.340. The average molecular weight is 280 g/mol. The predicted molar refractivity (Wildman–Crippen MR) is 70.6 cm³/mol. The number of hydrogen-bond acceptors (Lipinski definition) is 1. The molecule has 86 valence electrons. The molecule has 2 saturated carbocycles. The van der Waals surface area contributed by atoms with Crippen molar-refractivity contribution in [1.82, 2.24) is 5.32 Å². The fraction of sp³-hybridized carbons (Fsp3) is 0.571. The van der Waals surface area contributed by atoms with E-state index in [-0.39, 0.29) is 0 Å². The number of halogens is 1. The Morgan fingerprint density at radius 1 is 1.38 bits per heavy atom. The van der Waals surface area contributed by atoms with Crippen molar-refractivity contribution in [3.63, 3.8) is 0 Å². The van der Waals surface area contributed by atoms with E-state index in [1.165, 1.54) is 35.8 Å². The van der Waals surface area contributed by atoms with Crippen molar-refractivity contribution in [2.75, 3.05) is 6.54 Å². The summed E-state index contributed by atoms with van der Waals surface area (Å²) in [6.45, 7) is 3.59. The molecule has 0 heterocycles. The first-order chi connectivity index (χ1) is 7.70. The third kappa shape index (κ3) is 1.93. The smallest absolute Gasteiger partial charge is 0.0212 e. The van der Waals surface area contributed by atoms with Crippen LogP contribution in [0.5, 0.6) is 0 Å². The third-order valence-electron chi connectivity index (χ3n) is 4.13.